The van der Waals surface area contributed by atoms with E-state index in [1.165, 1.54) is 6.07 Å². The normalized spacial score (nSPS) is 21.5. The van der Waals surface area contributed by atoms with Crippen LogP contribution < -0.4 is 10.2 Å². The fourth-order valence-corrected chi connectivity index (χ4v) is 6.22. The summed E-state index contributed by atoms with van der Waals surface area (Å²) in [6.07, 6.45) is 0.162. The molecule has 2 atom stereocenters. The maximum absolute atomic E-state index is 13.2. The molecule has 200 valence electrons. The van der Waals surface area contributed by atoms with Gasteiger partial charge in [-0.3, -0.25) is 38.8 Å². The van der Waals surface area contributed by atoms with Crippen LogP contribution in [0.3, 0.4) is 0 Å². The number of nitrogens with one attached hydrogen (secondary N) is 1. The van der Waals surface area contributed by atoms with Crippen LogP contribution in [0, 0.1) is 6.92 Å². The van der Waals surface area contributed by atoms with Crippen LogP contribution in [0.5, 0.6) is 0 Å². The first-order chi connectivity index (χ1) is 18.0. The average Bonchev–Trinajstić information content (AvgIpc) is 3.12. The Kier molecular flexibility index (Phi) is 6.58. The van der Waals surface area contributed by atoms with Crippen molar-refractivity contribution in [3.05, 3.63) is 58.7 Å². The van der Waals surface area contributed by atoms with Crippen LogP contribution in [-0.4, -0.2) is 78.6 Å². The fraction of sp³-hybridized carbons (Fsp3) is 0.385. The van der Waals surface area contributed by atoms with E-state index in [0.717, 1.165) is 16.2 Å². The van der Waals surface area contributed by atoms with Crippen LogP contribution in [0.2, 0.25) is 0 Å². The molecule has 38 heavy (non-hydrogen) atoms. The first kappa shape index (κ1) is 26.0. The second-order valence-corrected chi connectivity index (χ2v) is 11.3. The SMILES string of the molecule is Cc1ccc(S(=O)(=O)O)c(C(C)N2CCN(c3ccc4c(c3)C(=O)N(C3CCC(=O)NC3=O)C4=O)CC2)c1. The van der Waals surface area contributed by atoms with Gasteiger partial charge in [0.25, 0.3) is 21.9 Å². The number of piperazine rings is 1. The highest BCUT2D eigenvalue weighted by molar-refractivity contribution is 7.85. The topological polar surface area (TPSA) is 144 Å². The van der Waals surface area contributed by atoms with Crippen molar-refractivity contribution in [1.82, 2.24) is 15.1 Å². The number of amides is 4. The molecule has 2 N–H and O–H groups in total. The van der Waals surface area contributed by atoms with Gasteiger partial charge in [-0.25, -0.2) is 0 Å². The predicted octanol–water partition coefficient (Wildman–Crippen LogP) is 1.53. The third kappa shape index (κ3) is 4.59. The van der Waals surface area contributed by atoms with Gasteiger partial charge in [0.15, 0.2) is 0 Å². The number of aryl methyl sites for hydroxylation is 1. The van der Waals surface area contributed by atoms with E-state index in [4.69, 9.17) is 0 Å². The van der Waals surface area contributed by atoms with Crippen molar-refractivity contribution in [2.24, 2.45) is 0 Å². The van der Waals surface area contributed by atoms with Crippen molar-refractivity contribution < 1.29 is 32.1 Å². The Morgan fingerprint density at radius 1 is 0.947 bits per heavy atom. The summed E-state index contributed by atoms with van der Waals surface area (Å²) >= 11 is 0. The minimum absolute atomic E-state index is 0.0615. The van der Waals surface area contributed by atoms with Crippen molar-refractivity contribution in [2.75, 3.05) is 31.1 Å². The van der Waals surface area contributed by atoms with Crippen molar-refractivity contribution in [1.29, 1.82) is 0 Å². The molecule has 3 aliphatic heterocycles. The fourth-order valence-electron chi connectivity index (χ4n) is 5.45. The Morgan fingerprint density at radius 2 is 1.63 bits per heavy atom. The van der Waals surface area contributed by atoms with Gasteiger partial charge >= 0.3 is 0 Å². The molecule has 3 heterocycles. The summed E-state index contributed by atoms with van der Waals surface area (Å²) in [4.78, 5) is 55.0. The van der Waals surface area contributed by atoms with Gasteiger partial charge in [-0.2, -0.15) is 8.42 Å². The lowest BCUT2D eigenvalue weighted by molar-refractivity contribution is -0.136. The number of hydrogen-bond acceptors (Lipinski definition) is 8. The molecule has 3 aliphatic rings. The van der Waals surface area contributed by atoms with E-state index < -0.39 is 39.8 Å². The number of rotatable bonds is 5. The number of anilines is 1. The van der Waals surface area contributed by atoms with E-state index in [9.17, 15) is 32.1 Å². The lowest BCUT2D eigenvalue weighted by atomic mass is 10.0. The smallest absolute Gasteiger partial charge is 0.294 e. The summed E-state index contributed by atoms with van der Waals surface area (Å²) in [6.45, 7) is 6.16. The number of imide groups is 2. The van der Waals surface area contributed by atoms with E-state index >= 15 is 0 Å². The van der Waals surface area contributed by atoms with E-state index in [1.54, 1.807) is 30.3 Å². The highest BCUT2D eigenvalue weighted by Crippen LogP contribution is 2.33. The molecule has 0 aromatic heterocycles. The van der Waals surface area contributed by atoms with Gasteiger partial charge in [0.1, 0.15) is 6.04 Å². The maximum atomic E-state index is 13.2. The Bertz CT molecular complexity index is 1460. The third-order valence-electron chi connectivity index (χ3n) is 7.54. The van der Waals surface area contributed by atoms with Gasteiger partial charge < -0.3 is 4.90 Å². The van der Waals surface area contributed by atoms with E-state index in [2.05, 4.69) is 15.1 Å². The molecule has 2 unspecified atom stereocenters. The molecule has 4 amide bonds. The summed E-state index contributed by atoms with van der Waals surface area (Å²) in [5, 5.41) is 2.19. The maximum Gasteiger partial charge on any atom is 0.294 e. The summed E-state index contributed by atoms with van der Waals surface area (Å²) in [6, 6.07) is 8.62. The number of piperidine rings is 1. The zero-order valence-corrected chi connectivity index (χ0v) is 21.8. The molecule has 2 fully saturated rings. The molecule has 0 spiro atoms. The Hall–Kier alpha value is -3.61. The summed E-state index contributed by atoms with van der Waals surface area (Å²) in [7, 11) is -4.36. The first-order valence-electron chi connectivity index (χ1n) is 12.4. The standard InChI is InChI=1S/C26H28N4O7S/c1-15-3-7-22(38(35,36)37)19(13-15)16(2)28-9-11-29(12-10-28)17-4-5-18-20(14-17)26(34)30(25(18)33)21-6-8-23(31)27-24(21)32/h3-5,7,13-14,16,21H,6,8-12H2,1-2H3,(H,27,31,32)(H,35,36,37). The van der Waals surface area contributed by atoms with Crippen LogP contribution >= 0.6 is 0 Å². The zero-order chi connectivity index (χ0) is 27.4. The summed E-state index contributed by atoms with van der Waals surface area (Å²) in [5.41, 5.74) is 2.65. The molecule has 12 heteroatoms. The third-order valence-corrected chi connectivity index (χ3v) is 8.47. The van der Waals surface area contributed by atoms with Crippen molar-refractivity contribution in [2.45, 2.75) is 43.7 Å². The Balaban J connectivity index is 1.31. The van der Waals surface area contributed by atoms with Gasteiger partial charge in [-0.05, 0) is 50.1 Å². The second kappa shape index (κ2) is 9.61. The Labute approximate surface area is 220 Å². The number of hydrogen-bond donors (Lipinski definition) is 2. The molecule has 5 rings (SSSR count). The molecule has 0 bridgehead atoms. The molecule has 2 saturated heterocycles. The molecular weight excluding hydrogens is 512 g/mol. The van der Waals surface area contributed by atoms with E-state index in [0.29, 0.717) is 31.7 Å². The van der Waals surface area contributed by atoms with Crippen LogP contribution in [0.4, 0.5) is 5.69 Å². The molecule has 0 saturated carbocycles. The van der Waals surface area contributed by atoms with Crippen molar-refractivity contribution in [3.63, 3.8) is 0 Å². The van der Waals surface area contributed by atoms with E-state index in [-0.39, 0.29) is 34.9 Å². The van der Waals surface area contributed by atoms with E-state index in [1.807, 2.05) is 13.8 Å². The Morgan fingerprint density at radius 3 is 2.29 bits per heavy atom. The molecule has 0 aliphatic carbocycles. The molecule has 2 aromatic carbocycles. The predicted molar refractivity (Wildman–Crippen MR) is 136 cm³/mol. The lowest BCUT2D eigenvalue weighted by Gasteiger charge is -2.39. The van der Waals surface area contributed by atoms with Crippen LogP contribution in [0.15, 0.2) is 41.3 Å². The largest absolute Gasteiger partial charge is 0.369 e. The number of fused-ring (bicyclic) bond motifs is 1. The number of carbonyl (C=O) groups excluding carboxylic acids is 4. The lowest BCUT2D eigenvalue weighted by Crippen LogP contribution is -2.54. The quantitative estimate of drug-likeness (QED) is 0.426. The highest BCUT2D eigenvalue weighted by atomic mass is 32.2. The minimum atomic E-state index is -4.36. The summed E-state index contributed by atoms with van der Waals surface area (Å²) < 4.78 is 33.5. The van der Waals surface area contributed by atoms with Crippen LogP contribution in [0.25, 0.3) is 0 Å². The minimum Gasteiger partial charge on any atom is -0.369 e. The van der Waals surface area contributed by atoms with Crippen molar-refractivity contribution >= 4 is 39.4 Å². The zero-order valence-electron chi connectivity index (χ0n) is 21.0. The van der Waals surface area contributed by atoms with Crippen molar-refractivity contribution in [3.8, 4) is 0 Å². The second-order valence-electron chi connectivity index (χ2n) is 9.89. The number of carbonyl (C=O) groups is 4. The summed E-state index contributed by atoms with van der Waals surface area (Å²) in [5.74, 6) is -2.16. The number of nitrogens with zero attached hydrogens (tertiary/aromatic N) is 3. The van der Waals surface area contributed by atoms with Gasteiger partial charge in [0.05, 0.1) is 16.0 Å². The molecule has 2 aromatic rings. The highest BCUT2D eigenvalue weighted by Gasteiger charge is 2.44. The molecular formula is C26H28N4O7S. The van der Waals surface area contributed by atoms with Crippen LogP contribution in [0.1, 0.15) is 57.7 Å². The van der Waals surface area contributed by atoms with Gasteiger partial charge in [-0.1, -0.05) is 17.7 Å². The first-order valence-corrected chi connectivity index (χ1v) is 13.8. The average molecular weight is 541 g/mol. The van der Waals surface area contributed by atoms with Gasteiger partial charge in [0, 0.05) is 44.3 Å². The molecule has 0 radical (unpaired) electrons. The van der Waals surface area contributed by atoms with Gasteiger partial charge in [0.2, 0.25) is 11.8 Å². The molecule has 11 nitrogen and oxygen atoms in total. The van der Waals surface area contributed by atoms with Crippen LogP contribution in [-0.2, 0) is 19.7 Å². The monoisotopic (exact) mass is 540 g/mol. The number of benzene rings is 2. The van der Waals surface area contributed by atoms with Gasteiger partial charge in [-0.15, -0.1) is 0 Å².